The van der Waals surface area contributed by atoms with E-state index < -0.39 is 17.5 Å². The fourth-order valence-corrected chi connectivity index (χ4v) is 1.75. The molecule has 1 aromatic heterocycles. The van der Waals surface area contributed by atoms with Crippen molar-refractivity contribution in [3.8, 4) is 0 Å². The molecule has 102 valence electrons. The van der Waals surface area contributed by atoms with E-state index >= 15 is 0 Å². The van der Waals surface area contributed by atoms with E-state index in [0.29, 0.717) is 29.7 Å². The maximum atomic E-state index is 13.5. The number of benzene rings is 1. The average Bonchev–Trinajstić information content (AvgIpc) is 2.63. The predicted octanol–water partition coefficient (Wildman–Crippen LogP) is 2.73. The minimum Gasteiger partial charge on any atom is -0.394 e. The van der Waals surface area contributed by atoms with Crippen molar-refractivity contribution in [1.29, 1.82) is 0 Å². The molecule has 0 aliphatic heterocycles. The van der Waals surface area contributed by atoms with Gasteiger partial charge in [0.25, 0.3) is 0 Å². The third kappa shape index (κ3) is 2.35. The number of nitrogen functional groups attached to an aromatic ring is 1. The molecule has 0 radical (unpaired) electrons. The molecule has 0 amide bonds. The highest BCUT2D eigenvalue weighted by atomic mass is 19.2. The van der Waals surface area contributed by atoms with Crippen molar-refractivity contribution >= 4 is 17.2 Å². The van der Waals surface area contributed by atoms with Crippen LogP contribution >= 0.6 is 0 Å². The lowest BCUT2D eigenvalue weighted by Gasteiger charge is -2.09. The summed E-state index contributed by atoms with van der Waals surface area (Å²) in [7, 11) is 1.62. The van der Waals surface area contributed by atoms with E-state index in [1.165, 1.54) is 4.68 Å². The van der Waals surface area contributed by atoms with Crippen LogP contribution in [-0.4, -0.2) is 9.78 Å². The minimum atomic E-state index is -1.24. The van der Waals surface area contributed by atoms with Gasteiger partial charge in [0.1, 0.15) is 5.82 Å². The van der Waals surface area contributed by atoms with Crippen molar-refractivity contribution in [1.82, 2.24) is 9.78 Å². The summed E-state index contributed by atoms with van der Waals surface area (Å²) >= 11 is 0. The van der Waals surface area contributed by atoms with Crippen molar-refractivity contribution in [3.63, 3.8) is 0 Å². The molecule has 0 atom stereocenters. The molecule has 4 nitrogen and oxygen atoms in total. The van der Waals surface area contributed by atoms with Crippen LogP contribution in [0.15, 0.2) is 12.1 Å². The monoisotopic (exact) mass is 270 g/mol. The first-order chi connectivity index (χ1) is 8.93. The molecule has 0 aliphatic rings. The first-order valence-electron chi connectivity index (χ1n) is 5.67. The second-order valence-electron chi connectivity index (χ2n) is 4.06. The van der Waals surface area contributed by atoms with Gasteiger partial charge < -0.3 is 11.1 Å². The number of nitrogens with one attached hydrogen (secondary N) is 1. The van der Waals surface area contributed by atoms with Crippen molar-refractivity contribution in [2.24, 2.45) is 7.05 Å². The van der Waals surface area contributed by atoms with E-state index in [2.05, 4.69) is 10.4 Å². The molecule has 0 saturated heterocycles. The summed E-state index contributed by atoms with van der Waals surface area (Å²) in [5.41, 5.74) is 6.65. The summed E-state index contributed by atoms with van der Waals surface area (Å²) in [6.07, 6.45) is 0.613. The fourth-order valence-electron chi connectivity index (χ4n) is 1.75. The molecule has 2 rings (SSSR count). The number of anilines is 3. The highest BCUT2D eigenvalue weighted by Gasteiger charge is 2.15. The Labute approximate surface area is 108 Å². The summed E-state index contributed by atoms with van der Waals surface area (Å²) in [4.78, 5) is 0. The van der Waals surface area contributed by atoms with Crippen LogP contribution in [0.3, 0.4) is 0 Å². The standard InChI is InChI=1S/C12H13F3N4/c1-3-9-11(16)12(19(2)18-9)17-10-5-7(14)6(13)4-8(10)15/h4-5,17H,3,16H2,1-2H3. The number of aromatic nitrogens is 2. The SMILES string of the molecule is CCc1nn(C)c(Nc2cc(F)c(F)cc2F)c1N. The highest BCUT2D eigenvalue weighted by Crippen LogP contribution is 2.28. The van der Waals surface area contributed by atoms with Gasteiger partial charge in [0, 0.05) is 19.2 Å². The van der Waals surface area contributed by atoms with E-state index in [1.54, 1.807) is 7.05 Å². The molecule has 2 aromatic rings. The minimum absolute atomic E-state index is 0.198. The first kappa shape index (κ1) is 13.3. The van der Waals surface area contributed by atoms with Crippen LogP contribution in [-0.2, 0) is 13.5 Å². The molecular weight excluding hydrogens is 257 g/mol. The Bertz CT molecular complexity index is 622. The van der Waals surface area contributed by atoms with Crippen molar-refractivity contribution in [3.05, 3.63) is 35.3 Å². The molecule has 19 heavy (non-hydrogen) atoms. The van der Waals surface area contributed by atoms with Crippen LogP contribution in [0.5, 0.6) is 0 Å². The van der Waals surface area contributed by atoms with E-state index in [4.69, 9.17) is 5.73 Å². The Morgan fingerprint density at radius 3 is 2.42 bits per heavy atom. The molecule has 0 fully saturated rings. The zero-order valence-corrected chi connectivity index (χ0v) is 10.5. The van der Waals surface area contributed by atoms with Crippen molar-refractivity contribution in [2.75, 3.05) is 11.1 Å². The number of hydrogen-bond donors (Lipinski definition) is 2. The van der Waals surface area contributed by atoms with Gasteiger partial charge in [-0.25, -0.2) is 13.2 Å². The molecule has 0 aliphatic carbocycles. The molecule has 3 N–H and O–H groups in total. The number of nitrogens with two attached hydrogens (primary N) is 1. The zero-order valence-electron chi connectivity index (χ0n) is 10.5. The van der Waals surface area contributed by atoms with Gasteiger partial charge >= 0.3 is 0 Å². The van der Waals surface area contributed by atoms with Crippen LogP contribution in [0.25, 0.3) is 0 Å². The van der Waals surface area contributed by atoms with E-state index in [-0.39, 0.29) is 5.69 Å². The molecule has 0 spiro atoms. The Balaban J connectivity index is 2.42. The highest BCUT2D eigenvalue weighted by molar-refractivity contribution is 5.71. The maximum absolute atomic E-state index is 13.5. The number of rotatable bonds is 3. The summed E-state index contributed by atoms with van der Waals surface area (Å²) in [5, 5.41) is 6.76. The Hall–Kier alpha value is -2.18. The molecule has 0 saturated carbocycles. The van der Waals surface area contributed by atoms with Crippen LogP contribution in [0.4, 0.5) is 30.4 Å². The summed E-state index contributed by atoms with van der Waals surface area (Å²) in [5.74, 6) is -2.95. The lowest BCUT2D eigenvalue weighted by atomic mass is 10.2. The van der Waals surface area contributed by atoms with Gasteiger partial charge in [0.05, 0.1) is 17.1 Å². The summed E-state index contributed by atoms with van der Waals surface area (Å²) < 4.78 is 40.9. The van der Waals surface area contributed by atoms with E-state index in [1.807, 2.05) is 6.92 Å². The Morgan fingerprint density at radius 1 is 1.21 bits per heavy atom. The van der Waals surface area contributed by atoms with Crippen molar-refractivity contribution in [2.45, 2.75) is 13.3 Å². The first-order valence-corrected chi connectivity index (χ1v) is 5.67. The lowest BCUT2D eigenvalue weighted by Crippen LogP contribution is -2.04. The quantitative estimate of drug-likeness (QED) is 0.843. The number of aryl methyl sites for hydroxylation is 2. The van der Waals surface area contributed by atoms with Gasteiger partial charge in [-0.05, 0) is 6.42 Å². The van der Waals surface area contributed by atoms with Crippen LogP contribution < -0.4 is 11.1 Å². The number of nitrogens with zero attached hydrogens (tertiary/aromatic N) is 2. The van der Waals surface area contributed by atoms with E-state index in [9.17, 15) is 13.2 Å². The maximum Gasteiger partial charge on any atom is 0.161 e. The summed E-state index contributed by atoms with van der Waals surface area (Å²) in [6.45, 7) is 1.88. The molecule has 1 aromatic carbocycles. The van der Waals surface area contributed by atoms with Crippen LogP contribution in [0, 0.1) is 17.5 Å². The second kappa shape index (κ2) is 4.83. The third-order valence-electron chi connectivity index (χ3n) is 2.76. The molecule has 0 unspecified atom stereocenters. The number of halogens is 3. The Morgan fingerprint density at radius 2 is 1.84 bits per heavy atom. The normalized spacial score (nSPS) is 10.8. The molecule has 0 bridgehead atoms. The largest absolute Gasteiger partial charge is 0.394 e. The third-order valence-corrected chi connectivity index (χ3v) is 2.76. The van der Waals surface area contributed by atoms with Gasteiger partial charge in [-0.1, -0.05) is 6.92 Å². The number of hydrogen-bond acceptors (Lipinski definition) is 3. The van der Waals surface area contributed by atoms with E-state index in [0.717, 1.165) is 6.07 Å². The lowest BCUT2D eigenvalue weighted by molar-refractivity contribution is 0.496. The van der Waals surface area contributed by atoms with Gasteiger partial charge in [-0.15, -0.1) is 0 Å². The predicted molar refractivity (Wildman–Crippen MR) is 66.6 cm³/mol. The van der Waals surface area contributed by atoms with Crippen molar-refractivity contribution < 1.29 is 13.2 Å². The average molecular weight is 270 g/mol. The smallest absolute Gasteiger partial charge is 0.161 e. The van der Waals surface area contributed by atoms with Gasteiger partial charge in [0.15, 0.2) is 17.5 Å². The Kier molecular flexibility index (Phi) is 3.37. The van der Waals surface area contributed by atoms with Gasteiger partial charge in [0.2, 0.25) is 0 Å². The van der Waals surface area contributed by atoms with Crippen LogP contribution in [0.2, 0.25) is 0 Å². The summed E-state index contributed by atoms with van der Waals surface area (Å²) in [6, 6.07) is 1.22. The molecular formula is C12H13F3N4. The second-order valence-corrected chi connectivity index (χ2v) is 4.06. The zero-order chi connectivity index (χ0) is 14.2. The molecule has 7 heteroatoms. The van der Waals surface area contributed by atoms with Crippen LogP contribution in [0.1, 0.15) is 12.6 Å². The topological polar surface area (TPSA) is 55.9 Å². The van der Waals surface area contributed by atoms with Gasteiger partial charge in [-0.2, -0.15) is 5.10 Å². The van der Waals surface area contributed by atoms with Gasteiger partial charge in [-0.3, -0.25) is 4.68 Å². The fraction of sp³-hybridized carbons (Fsp3) is 0.250. The molecule has 1 heterocycles.